The van der Waals surface area contributed by atoms with E-state index in [2.05, 4.69) is 35.2 Å². The fourth-order valence-corrected chi connectivity index (χ4v) is 4.61. The van der Waals surface area contributed by atoms with Gasteiger partial charge in [0.1, 0.15) is 15.5 Å². The van der Waals surface area contributed by atoms with Crippen LogP contribution in [0.4, 0.5) is 0 Å². The van der Waals surface area contributed by atoms with Crippen molar-refractivity contribution in [2.45, 2.75) is 6.92 Å². The van der Waals surface area contributed by atoms with Gasteiger partial charge < -0.3 is 0 Å². The van der Waals surface area contributed by atoms with Crippen molar-refractivity contribution in [2.75, 3.05) is 19.0 Å². The maximum Gasteiger partial charge on any atom is 0.139 e. The third-order valence-corrected chi connectivity index (χ3v) is 5.12. The summed E-state index contributed by atoms with van der Waals surface area (Å²) in [6, 6.07) is 0. The minimum Gasteiger partial charge on any atom is -0.0442 e. The van der Waals surface area contributed by atoms with Gasteiger partial charge in [-0.15, -0.1) is 0 Å². The lowest BCUT2D eigenvalue weighted by Crippen LogP contribution is -1.82. The molecule has 1 aliphatic rings. The van der Waals surface area contributed by atoms with Crippen molar-refractivity contribution in [2.24, 2.45) is 0 Å². The first-order valence-corrected chi connectivity index (χ1v) is 7.42. The molecule has 0 fully saturated rings. The highest BCUT2D eigenvalue weighted by atomic mass is 79.9. The number of hydrogen-bond donors (Lipinski definition) is 0. The molecule has 1 aliphatic heterocycles. The summed E-state index contributed by atoms with van der Waals surface area (Å²) < 4.78 is 0. The minimum atomic E-state index is -0.629. The molecule has 0 spiro atoms. The van der Waals surface area contributed by atoms with Crippen LogP contribution < -0.4 is 0 Å². The van der Waals surface area contributed by atoms with Crippen LogP contribution in [0, 0.1) is 0 Å². The van der Waals surface area contributed by atoms with Crippen LogP contribution >= 0.6 is 21.5 Å². The van der Waals surface area contributed by atoms with Crippen molar-refractivity contribution in [1.82, 2.24) is 0 Å². The molecular formula is C6H11BrP+. The van der Waals surface area contributed by atoms with Gasteiger partial charge in [-0.2, -0.15) is 0 Å². The maximum absolute atomic E-state index is 3.74. The van der Waals surface area contributed by atoms with Crippen molar-refractivity contribution < 1.29 is 0 Å². The van der Waals surface area contributed by atoms with Gasteiger partial charge in [0.25, 0.3) is 0 Å². The molecule has 0 aromatic carbocycles. The first kappa shape index (κ1) is 6.77. The predicted octanol–water partition coefficient (Wildman–Crippen LogP) is 2.90. The molecule has 1 unspecified atom stereocenters. The van der Waals surface area contributed by atoms with E-state index < -0.39 is 5.96 Å². The van der Waals surface area contributed by atoms with Crippen molar-refractivity contribution in [3.8, 4) is 0 Å². The van der Waals surface area contributed by atoms with E-state index in [1.807, 2.05) is 0 Å². The molecule has 0 saturated heterocycles. The van der Waals surface area contributed by atoms with Crippen LogP contribution in [0.5, 0.6) is 0 Å². The lowest BCUT2D eigenvalue weighted by molar-refractivity contribution is 1.42. The van der Waals surface area contributed by atoms with Gasteiger partial charge >= 0.3 is 0 Å². The molecule has 1 atom stereocenters. The highest BCUT2D eigenvalue weighted by molar-refractivity contribution is 9.42. The van der Waals surface area contributed by atoms with Crippen molar-refractivity contribution >= 4 is 21.5 Å². The second-order valence-corrected chi connectivity index (χ2v) is 11.0. The highest BCUT2D eigenvalue weighted by Gasteiger charge is 2.32. The zero-order chi connectivity index (χ0) is 6.20. The summed E-state index contributed by atoms with van der Waals surface area (Å²) >= 11 is 3.74. The second-order valence-electron chi connectivity index (χ2n) is 2.66. The third-order valence-electron chi connectivity index (χ3n) is 1.40. The molecule has 1 rings (SSSR count). The summed E-state index contributed by atoms with van der Waals surface area (Å²) in [6.07, 6.45) is 4.98. The Balaban J connectivity index is 2.55. The number of hydrogen-bond acceptors (Lipinski definition) is 0. The molecule has 0 amide bonds. The van der Waals surface area contributed by atoms with Crippen LogP contribution in [0.25, 0.3) is 0 Å². The Morgan fingerprint density at radius 1 is 1.75 bits per heavy atom. The van der Waals surface area contributed by atoms with Crippen LogP contribution in [0.1, 0.15) is 6.92 Å². The van der Waals surface area contributed by atoms with Gasteiger partial charge in [-0.3, -0.25) is 0 Å². The smallest absolute Gasteiger partial charge is 0.0442 e. The second kappa shape index (κ2) is 2.11. The maximum atomic E-state index is 3.74. The summed E-state index contributed by atoms with van der Waals surface area (Å²) in [7, 11) is 0. The van der Waals surface area contributed by atoms with Crippen LogP contribution in [-0.4, -0.2) is 19.0 Å². The quantitative estimate of drug-likeness (QED) is 0.410. The lowest BCUT2D eigenvalue weighted by Gasteiger charge is -2.03. The van der Waals surface area contributed by atoms with Crippen molar-refractivity contribution in [3.63, 3.8) is 0 Å². The predicted molar refractivity (Wildman–Crippen MR) is 45.3 cm³/mol. The van der Waals surface area contributed by atoms with Crippen molar-refractivity contribution in [1.29, 1.82) is 0 Å². The zero-order valence-corrected chi connectivity index (χ0v) is 7.80. The Kier molecular flexibility index (Phi) is 1.79. The van der Waals surface area contributed by atoms with E-state index in [-0.39, 0.29) is 0 Å². The van der Waals surface area contributed by atoms with Crippen LogP contribution in [0.3, 0.4) is 0 Å². The molecule has 2 heteroatoms. The lowest BCUT2D eigenvalue weighted by atomic mass is 10.3. The summed E-state index contributed by atoms with van der Waals surface area (Å²) in [5, 5.41) is 0. The van der Waals surface area contributed by atoms with Gasteiger partial charge in [-0.05, 0) is 18.6 Å². The zero-order valence-electron chi connectivity index (χ0n) is 5.32. The topological polar surface area (TPSA) is 0 Å². The van der Waals surface area contributed by atoms with Crippen molar-refractivity contribution in [3.05, 3.63) is 11.6 Å². The van der Waals surface area contributed by atoms with E-state index in [1.165, 1.54) is 12.3 Å². The first-order chi connectivity index (χ1) is 3.60. The van der Waals surface area contributed by atoms with Gasteiger partial charge in [0.15, 0.2) is 0 Å². The molecule has 0 radical (unpaired) electrons. The Hall–Kier alpha value is 0.650. The fraction of sp³-hybridized carbons (Fsp3) is 0.667. The van der Waals surface area contributed by atoms with Gasteiger partial charge in [0, 0.05) is 0 Å². The molecule has 8 heavy (non-hydrogen) atoms. The third kappa shape index (κ3) is 1.56. The molecule has 0 aromatic heterocycles. The van der Waals surface area contributed by atoms with Crippen LogP contribution in [0.2, 0.25) is 0 Å². The van der Waals surface area contributed by atoms with E-state index in [4.69, 9.17) is 0 Å². The summed E-state index contributed by atoms with van der Waals surface area (Å²) in [6.45, 7) is 4.56. The minimum absolute atomic E-state index is 0.629. The molecular weight excluding hydrogens is 183 g/mol. The first-order valence-electron chi connectivity index (χ1n) is 2.80. The number of rotatable bonds is 0. The Labute approximate surface area is 59.4 Å². The van der Waals surface area contributed by atoms with E-state index >= 15 is 0 Å². The molecule has 0 N–H and O–H groups in total. The molecule has 0 aliphatic carbocycles. The summed E-state index contributed by atoms with van der Waals surface area (Å²) in [4.78, 5) is 0. The fourth-order valence-electron chi connectivity index (χ4n) is 0.995. The van der Waals surface area contributed by atoms with E-state index in [0.717, 1.165) is 0 Å². The summed E-state index contributed by atoms with van der Waals surface area (Å²) in [5.74, 6) is -0.629. The molecule has 0 bridgehead atoms. The van der Waals surface area contributed by atoms with E-state index in [0.29, 0.717) is 0 Å². The number of halogens is 1. The van der Waals surface area contributed by atoms with Gasteiger partial charge in [-0.1, -0.05) is 0 Å². The standard InChI is InChI=1S/C6H11BrP/c1-6-3-4-8(2,7)5-6/h3H,4-5H2,1-2H3/q+1. The molecule has 0 aromatic rings. The average Bonchev–Trinajstić information content (AvgIpc) is 1.82. The highest BCUT2D eigenvalue weighted by Crippen LogP contribution is 2.66. The van der Waals surface area contributed by atoms with Crippen LogP contribution in [0.15, 0.2) is 11.6 Å². The molecule has 46 valence electrons. The monoisotopic (exact) mass is 193 g/mol. The number of allylic oxidation sites excluding steroid dienone is 2. The van der Waals surface area contributed by atoms with Gasteiger partial charge in [0.05, 0.1) is 25.0 Å². The molecule has 0 saturated carbocycles. The summed E-state index contributed by atoms with van der Waals surface area (Å²) in [5.41, 5.74) is 1.57. The van der Waals surface area contributed by atoms with Gasteiger partial charge in [-0.25, -0.2) is 0 Å². The average molecular weight is 194 g/mol. The molecule has 0 nitrogen and oxygen atoms in total. The van der Waals surface area contributed by atoms with E-state index in [1.54, 1.807) is 5.57 Å². The largest absolute Gasteiger partial charge is 0.139 e. The van der Waals surface area contributed by atoms with Crippen LogP contribution in [-0.2, 0) is 0 Å². The Bertz CT molecular complexity index is 126. The van der Waals surface area contributed by atoms with Gasteiger partial charge in [0.2, 0.25) is 0 Å². The normalized spacial score (nSPS) is 37.6. The van der Waals surface area contributed by atoms with E-state index in [9.17, 15) is 0 Å². The Morgan fingerprint density at radius 3 is 2.50 bits per heavy atom. The Morgan fingerprint density at radius 2 is 2.38 bits per heavy atom. The SMILES string of the molecule is CC1=CC[P+](C)(Br)C1. The molecule has 1 heterocycles.